The van der Waals surface area contributed by atoms with Crippen molar-refractivity contribution >= 4 is 118 Å². The number of aldehydes is 1. The molecule has 0 aliphatic carbocycles. The molecule has 0 aliphatic heterocycles. The third-order valence-electron chi connectivity index (χ3n) is 2.72. The second-order valence-electron chi connectivity index (χ2n) is 4.76. The summed E-state index contributed by atoms with van der Waals surface area (Å²) >= 11 is 0. The molecule has 0 bridgehead atoms. The number of carbonyl (C=O) groups is 1. The van der Waals surface area contributed by atoms with Crippen LogP contribution in [0.4, 0.5) is 0 Å². The number of rotatable bonds is 8. The standard InChI is InChI=1S/C6H13NO8S.C6H6O3S.2Sr.4H/c7-3(1-8)5(10)6(11)4(9)2-15-16(12,13)14;7-10(8,9)6-4-2-1-3-5-6;;;;;;/h1,3-6,9-11H,2,7H2,(H,12,13,14);1-5H,(H,7,8,9);;;;;;/q;;2*+2;4*-1/t3-,4+,5+,6+;;;;;;;/m0......./s1. The van der Waals surface area contributed by atoms with Crippen LogP contribution in [0.1, 0.15) is 5.71 Å². The molecule has 16 heteroatoms. The summed E-state index contributed by atoms with van der Waals surface area (Å²) in [4.78, 5) is 10.1. The largest absolute Gasteiger partial charge is 2.00 e. The summed E-state index contributed by atoms with van der Waals surface area (Å²) in [6, 6.07) is 5.99. The van der Waals surface area contributed by atoms with E-state index in [9.17, 15) is 26.7 Å². The van der Waals surface area contributed by atoms with E-state index >= 15 is 0 Å². The Hall–Kier alpha value is 1.47. The molecule has 0 aliphatic rings. The number of hydrogen-bond acceptors (Lipinski definition) is 10. The molecule has 0 saturated carbocycles. The molecule has 0 fully saturated rings. The summed E-state index contributed by atoms with van der Waals surface area (Å²) in [5.74, 6) is 0. The van der Waals surface area contributed by atoms with Gasteiger partial charge in [-0.3, -0.25) is 9.11 Å². The summed E-state index contributed by atoms with van der Waals surface area (Å²) in [7, 11) is -8.76. The predicted molar refractivity (Wildman–Crippen MR) is 102 cm³/mol. The van der Waals surface area contributed by atoms with Gasteiger partial charge in [0.05, 0.1) is 17.5 Å². The smallest absolute Gasteiger partial charge is 1.00 e. The van der Waals surface area contributed by atoms with Gasteiger partial charge in [0.15, 0.2) is 0 Å². The first kappa shape index (κ1) is 34.1. The maximum Gasteiger partial charge on any atom is 2.00 e. The van der Waals surface area contributed by atoms with E-state index in [-0.39, 0.29) is 108 Å². The molecule has 1 aromatic rings. The summed E-state index contributed by atoms with van der Waals surface area (Å²) in [5.41, 5.74) is 5.04. The molecule has 1 aromatic carbocycles. The Morgan fingerprint density at radius 3 is 1.79 bits per heavy atom. The van der Waals surface area contributed by atoms with Gasteiger partial charge in [0.2, 0.25) is 0 Å². The molecule has 0 aromatic heterocycles. The minimum Gasteiger partial charge on any atom is -1.00 e. The third kappa shape index (κ3) is 15.3. The summed E-state index contributed by atoms with van der Waals surface area (Å²) in [6.07, 6.45) is -5.35. The Labute approximate surface area is 242 Å². The average Bonchev–Trinajstić information content (AvgIpc) is 2.57. The second kappa shape index (κ2) is 16.2. The molecule has 158 valence electrons. The van der Waals surface area contributed by atoms with E-state index in [1.807, 2.05) is 0 Å². The second-order valence-corrected chi connectivity index (χ2v) is 7.28. The van der Waals surface area contributed by atoms with Crippen molar-refractivity contribution in [3.63, 3.8) is 0 Å². The Kier molecular flexibility index (Phi) is 19.7. The van der Waals surface area contributed by atoms with E-state index in [1.54, 1.807) is 18.2 Å². The van der Waals surface area contributed by atoms with Crippen molar-refractivity contribution in [2.24, 2.45) is 5.73 Å². The van der Waals surface area contributed by atoms with Crippen molar-refractivity contribution in [1.82, 2.24) is 0 Å². The van der Waals surface area contributed by atoms with E-state index in [4.69, 9.17) is 25.1 Å². The van der Waals surface area contributed by atoms with Gasteiger partial charge in [-0.25, -0.2) is 4.18 Å². The van der Waals surface area contributed by atoms with Crippen LogP contribution in [0.3, 0.4) is 0 Å². The molecule has 0 unspecified atom stereocenters. The average molecular weight is 597 g/mol. The van der Waals surface area contributed by atoms with E-state index < -0.39 is 51.5 Å². The molecule has 7 N–H and O–H groups in total. The maximum absolute atomic E-state index is 10.4. The number of benzene rings is 1. The zero-order valence-electron chi connectivity index (χ0n) is 18.5. The van der Waals surface area contributed by atoms with Gasteiger partial charge in [-0.15, -0.1) is 0 Å². The quantitative estimate of drug-likeness (QED) is 0.101. The molecule has 28 heavy (non-hydrogen) atoms. The third-order valence-corrected chi connectivity index (χ3v) is 4.03. The van der Waals surface area contributed by atoms with Gasteiger partial charge in [-0.1, -0.05) is 18.2 Å². The number of hydrogen-bond donors (Lipinski definition) is 6. The SMILES string of the molecule is N[C@@H](C=O)[C@@H](O)[C@H](O)[C@H](O)COS(=O)(=O)O.O=S(=O)(O)c1ccccc1.[H-].[H-].[H-].[H-].[Sr+2].[Sr+2]. The van der Waals surface area contributed by atoms with Crippen LogP contribution in [-0.4, -0.2) is 169 Å². The molecule has 4 atom stereocenters. The first-order valence-corrected chi connectivity index (χ1v) is 9.49. The van der Waals surface area contributed by atoms with Crippen LogP contribution in [-0.2, 0) is 29.5 Å². The van der Waals surface area contributed by atoms with E-state index in [0.29, 0.717) is 0 Å². The first-order chi connectivity index (χ1) is 11.8. The molecular weight excluding hydrogens is 574 g/mol. The zero-order chi connectivity index (χ0) is 20.5. The van der Waals surface area contributed by atoms with Crippen LogP contribution < -0.4 is 5.73 Å². The van der Waals surface area contributed by atoms with E-state index in [2.05, 4.69) is 4.18 Å². The number of carbonyl (C=O) groups excluding carboxylic acids is 1. The van der Waals surface area contributed by atoms with E-state index in [1.165, 1.54) is 12.1 Å². The maximum atomic E-state index is 10.4. The summed E-state index contributed by atoms with van der Waals surface area (Å²) in [6.45, 7) is -0.983. The van der Waals surface area contributed by atoms with E-state index in [0.717, 1.165) is 0 Å². The van der Waals surface area contributed by atoms with Gasteiger partial charge in [-0.2, -0.15) is 16.8 Å². The van der Waals surface area contributed by atoms with Gasteiger partial charge in [0, 0.05) is 0 Å². The fourth-order valence-electron chi connectivity index (χ4n) is 1.38. The molecule has 0 radical (unpaired) electrons. The summed E-state index contributed by atoms with van der Waals surface area (Å²) in [5, 5.41) is 27.5. The van der Waals surface area contributed by atoms with Crippen LogP contribution in [0.25, 0.3) is 0 Å². The van der Waals surface area contributed by atoms with Crippen molar-refractivity contribution in [2.45, 2.75) is 29.2 Å². The van der Waals surface area contributed by atoms with Crippen molar-refractivity contribution in [3.05, 3.63) is 30.3 Å². The predicted octanol–water partition coefficient (Wildman–Crippen LogP) is -2.96. The van der Waals surface area contributed by atoms with Gasteiger partial charge >= 0.3 is 101 Å². The number of aliphatic hydroxyl groups excluding tert-OH is 3. The van der Waals surface area contributed by atoms with Crippen LogP contribution in [0, 0.1) is 0 Å². The molecular formula is C12H23NO11S2Sr2. The molecule has 0 spiro atoms. The normalized spacial score (nSPS) is 15.4. The van der Waals surface area contributed by atoms with Gasteiger partial charge in [0.1, 0.15) is 24.6 Å². The van der Waals surface area contributed by atoms with Gasteiger partial charge < -0.3 is 31.6 Å². The van der Waals surface area contributed by atoms with Crippen LogP contribution in [0.2, 0.25) is 0 Å². The van der Waals surface area contributed by atoms with Gasteiger partial charge in [0.25, 0.3) is 10.1 Å². The number of aliphatic hydroxyl groups is 3. The minimum absolute atomic E-state index is 0. The van der Waals surface area contributed by atoms with Crippen LogP contribution in [0.15, 0.2) is 35.2 Å². The van der Waals surface area contributed by atoms with Crippen molar-refractivity contribution < 1.29 is 55.9 Å². The fourth-order valence-corrected chi connectivity index (χ4v) is 2.20. The van der Waals surface area contributed by atoms with Gasteiger partial charge in [-0.05, 0) is 12.1 Å². The molecule has 0 heterocycles. The molecule has 12 nitrogen and oxygen atoms in total. The Bertz CT molecular complexity index is 778. The van der Waals surface area contributed by atoms with Crippen LogP contribution in [0.5, 0.6) is 0 Å². The summed E-state index contributed by atoms with van der Waals surface area (Å²) < 4.78 is 61.4. The fraction of sp³-hybridized carbons (Fsp3) is 0.417. The molecule has 1 rings (SSSR count). The van der Waals surface area contributed by atoms with Crippen molar-refractivity contribution in [1.29, 1.82) is 0 Å². The molecule has 0 saturated heterocycles. The van der Waals surface area contributed by atoms with Crippen molar-refractivity contribution in [2.75, 3.05) is 6.61 Å². The topological polar surface area (TPSA) is 222 Å². The monoisotopic (exact) mass is 597 g/mol. The van der Waals surface area contributed by atoms with Crippen molar-refractivity contribution in [3.8, 4) is 0 Å². The van der Waals surface area contributed by atoms with Crippen LogP contribution >= 0.6 is 0 Å². The Morgan fingerprint density at radius 1 is 1.00 bits per heavy atom. The first-order valence-electron chi connectivity index (χ1n) is 6.69. The minimum atomic E-state index is -4.76. The Balaban J connectivity index is -0.0000000696. The zero-order valence-corrected chi connectivity index (χ0v) is 23.1. The number of nitrogens with two attached hydrogens (primary N) is 1. The Morgan fingerprint density at radius 2 is 1.46 bits per heavy atom. The molecule has 0 amide bonds.